The Labute approximate surface area is 116 Å². The van der Waals surface area contributed by atoms with E-state index in [0.29, 0.717) is 11.7 Å². The Hall–Kier alpha value is -1.94. The number of hydrogen-bond acceptors (Lipinski definition) is 3. The predicted molar refractivity (Wildman–Crippen MR) is 76.9 cm³/mol. The minimum atomic E-state index is -0.00885. The van der Waals surface area contributed by atoms with E-state index < -0.39 is 0 Å². The number of carbonyl (C=O) groups excluding carboxylic acids is 1. The molecule has 0 saturated heterocycles. The van der Waals surface area contributed by atoms with Gasteiger partial charge in [0, 0.05) is 18.9 Å². The van der Waals surface area contributed by atoms with Gasteiger partial charge >= 0.3 is 0 Å². The van der Waals surface area contributed by atoms with Gasteiger partial charge in [-0.25, -0.2) is 9.97 Å². The molecule has 1 aromatic carbocycles. The van der Waals surface area contributed by atoms with E-state index in [-0.39, 0.29) is 5.91 Å². The topological polar surface area (TPSA) is 54.9 Å². The van der Waals surface area contributed by atoms with Crippen LogP contribution in [0.3, 0.4) is 0 Å². The molecule has 2 rings (SSSR count). The lowest BCUT2D eigenvalue weighted by Gasteiger charge is -2.00. The van der Waals surface area contributed by atoms with Crippen molar-refractivity contribution in [1.82, 2.24) is 15.3 Å². The summed E-state index contributed by atoms with van der Waals surface area (Å²) in [4.78, 5) is 18.8. The second-order valence-electron chi connectivity index (χ2n) is 4.12. The number of aromatic nitrogens is 2. The maximum absolute atomic E-state index is 10.7. The predicted octanol–water partition coefficient (Wildman–Crippen LogP) is 2.82. The average molecular weight is 276 g/mol. The first-order valence-electron chi connectivity index (χ1n) is 5.98. The van der Waals surface area contributed by atoms with Crippen molar-refractivity contribution >= 4 is 34.5 Å². The molecular weight excluding hydrogens is 262 g/mol. The number of benzene rings is 1. The van der Waals surface area contributed by atoms with Gasteiger partial charge < -0.3 is 5.32 Å². The Bertz CT molecular complexity index is 625. The van der Waals surface area contributed by atoms with Crippen LogP contribution in [0.1, 0.15) is 18.9 Å². The lowest BCUT2D eigenvalue weighted by Crippen LogP contribution is -2.20. The molecule has 0 radical (unpaired) electrons. The van der Waals surface area contributed by atoms with Crippen LogP contribution < -0.4 is 5.32 Å². The van der Waals surface area contributed by atoms with Crippen molar-refractivity contribution in [1.29, 1.82) is 0 Å². The quantitative estimate of drug-likeness (QED) is 0.689. The summed E-state index contributed by atoms with van der Waals surface area (Å²) in [6, 6.07) is 5.83. The van der Waals surface area contributed by atoms with Gasteiger partial charge in [0.2, 0.25) is 5.91 Å². The fourth-order valence-electron chi connectivity index (χ4n) is 1.70. The maximum Gasteiger partial charge on any atom is 0.216 e. The standard InChI is InChI=1S/C14H14ClN3O/c1-10(19)16-7-3-2-4-11-5-6-12-13(8-11)17-9-18-14(12)15/h2,4-6,8-9H,3,7H2,1H3,(H,16,19). The Morgan fingerprint density at radius 2 is 2.26 bits per heavy atom. The van der Waals surface area contributed by atoms with E-state index in [1.807, 2.05) is 30.4 Å². The SMILES string of the molecule is CC(=O)NCCC=Cc1ccc2c(Cl)ncnc2c1. The molecular formula is C14H14ClN3O. The molecule has 2 aromatic rings. The van der Waals surface area contributed by atoms with Crippen molar-refractivity contribution in [2.45, 2.75) is 13.3 Å². The zero-order chi connectivity index (χ0) is 13.7. The first kappa shape index (κ1) is 13.5. The van der Waals surface area contributed by atoms with Crippen LogP contribution in [0, 0.1) is 0 Å². The van der Waals surface area contributed by atoms with E-state index in [1.54, 1.807) is 0 Å². The van der Waals surface area contributed by atoms with Crippen LogP contribution in [0.4, 0.5) is 0 Å². The molecule has 0 aliphatic heterocycles. The number of amides is 1. The van der Waals surface area contributed by atoms with Gasteiger partial charge in [-0.05, 0) is 24.1 Å². The van der Waals surface area contributed by atoms with Crippen LogP contribution in [0.2, 0.25) is 5.15 Å². The van der Waals surface area contributed by atoms with E-state index >= 15 is 0 Å². The summed E-state index contributed by atoms with van der Waals surface area (Å²) in [6.45, 7) is 2.16. The van der Waals surface area contributed by atoms with Crippen LogP contribution >= 0.6 is 11.6 Å². The first-order valence-corrected chi connectivity index (χ1v) is 6.36. The summed E-state index contributed by atoms with van der Waals surface area (Å²) in [7, 11) is 0. The summed E-state index contributed by atoms with van der Waals surface area (Å²) in [6.07, 6.45) is 6.26. The molecule has 1 heterocycles. The fourth-order valence-corrected chi connectivity index (χ4v) is 1.90. The molecule has 0 spiro atoms. The average Bonchev–Trinajstić information content (AvgIpc) is 2.38. The number of nitrogens with zero attached hydrogens (tertiary/aromatic N) is 2. The van der Waals surface area contributed by atoms with Crippen LogP contribution in [0.15, 0.2) is 30.6 Å². The highest BCUT2D eigenvalue weighted by molar-refractivity contribution is 6.34. The van der Waals surface area contributed by atoms with Crippen molar-refractivity contribution in [3.8, 4) is 0 Å². The lowest BCUT2D eigenvalue weighted by molar-refractivity contribution is -0.118. The normalized spacial score (nSPS) is 11.1. The number of carbonyl (C=O) groups is 1. The molecule has 4 nitrogen and oxygen atoms in total. The van der Waals surface area contributed by atoms with Gasteiger partial charge in [-0.15, -0.1) is 0 Å². The van der Waals surface area contributed by atoms with E-state index in [0.717, 1.165) is 22.9 Å². The Kier molecular flexibility index (Phi) is 4.47. The summed E-state index contributed by atoms with van der Waals surface area (Å²) in [5, 5.41) is 4.05. The third-order valence-corrected chi connectivity index (χ3v) is 2.91. The van der Waals surface area contributed by atoms with Crippen LogP contribution in [-0.4, -0.2) is 22.4 Å². The summed E-state index contributed by atoms with van der Waals surface area (Å²) >= 11 is 5.98. The fraction of sp³-hybridized carbons (Fsp3) is 0.214. The van der Waals surface area contributed by atoms with Gasteiger partial charge in [-0.3, -0.25) is 4.79 Å². The lowest BCUT2D eigenvalue weighted by atomic mass is 10.1. The second kappa shape index (κ2) is 6.29. The molecule has 5 heteroatoms. The van der Waals surface area contributed by atoms with Gasteiger partial charge in [0.25, 0.3) is 0 Å². The highest BCUT2D eigenvalue weighted by atomic mass is 35.5. The van der Waals surface area contributed by atoms with Crippen LogP contribution in [0.5, 0.6) is 0 Å². The zero-order valence-electron chi connectivity index (χ0n) is 10.6. The van der Waals surface area contributed by atoms with E-state index in [1.165, 1.54) is 13.3 Å². The summed E-state index contributed by atoms with van der Waals surface area (Å²) < 4.78 is 0. The van der Waals surface area contributed by atoms with E-state index in [9.17, 15) is 4.79 Å². The minimum absolute atomic E-state index is 0.00885. The Morgan fingerprint density at radius 3 is 3.05 bits per heavy atom. The molecule has 1 N–H and O–H groups in total. The highest BCUT2D eigenvalue weighted by Gasteiger charge is 2.00. The van der Waals surface area contributed by atoms with Gasteiger partial charge in [0.15, 0.2) is 0 Å². The maximum atomic E-state index is 10.7. The molecule has 0 aliphatic carbocycles. The van der Waals surface area contributed by atoms with Crippen LogP contribution in [-0.2, 0) is 4.79 Å². The van der Waals surface area contributed by atoms with E-state index in [4.69, 9.17) is 11.6 Å². The second-order valence-corrected chi connectivity index (χ2v) is 4.47. The molecule has 1 aromatic heterocycles. The minimum Gasteiger partial charge on any atom is -0.356 e. The third kappa shape index (κ3) is 3.76. The zero-order valence-corrected chi connectivity index (χ0v) is 11.3. The van der Waals surface area contributed by atoms with Crippen LogP contribution in [0.25, 0.3) is 17.0 Å². The molecule has 98 valence electrons. The molecule has 0 atom stereocenters. The largest absolute Gasteiger partial charge is 0.356 e. The van der Waals surface area contributed by atoms with Crippen molar-refractivity contribution in [3.63, 3.8) is 0 Å². The van der Waals surface area contributed by atoms with Crippen molar-refractivity contribution in [2.24, 2.45) is 0 Å². The van der Waals surface area contributed by atoms with Gasteiger partial charge in [0.05, 0.1) is 5.52 Å². The molecule has 0 unspecified atom stereocenters. The molecule has 0 fully saturated rings. The monoisotopic (exact) mass is 275 g/mol. The van der Waals surface area contributed by atoms with Gasteiger partial charge in [-0.1, -0.05) is 29.8 Å². The smallest absolute Gasteiger partial charge is 0.216 e. The number of hydrogen-bond donors (Lipinski definition) is 1. The number of halogens is 1. The number of fused-ring (bicyclic) bond motifs is 1. The molecule has 0 aliphatic rings. The van der Waals surface area contributed by atoms with Crippen molar-refractivity contribution < 1.29 is 4.79 Å². The molecule has 0 saturated carbocycles. The molecule has 1 amide bonds. The van der Waals surface area contributed by atoms with E-state index in [2.05, 4.69) is 15.3 Å². The molecule has 0 bridgehead atoms. The Balaban J connectivity index is 2.05. The van der Waals surface area contributed by atoms with Gasteiger partial charge in [0.1, 0.15) is 11.5 Å². The summed E-state index contributed by atoms with van der Waals surface area (Å²) in [5.74, 6) is -0.00885. The third-order valence-electron chi connectivity index (χ3n) is 2.61. The summed E-state index contributed by atoms with van der Waals surface area (Å²) in [5.41, 5.74) is 1.87. The van der Waals surface area contributed by atoms with Crippen molar-refractivity contribution in [3.05, 3.63) is 41.3 Å². The van der Waals surface area contributed by atoms with Gasteiger partial charge in [-0.2, -0.15) is 0 Å². The number of nitrogens with one attached hydrogen (secondary N) is 1. The first-order chi connectivity index (χ1) is 9.16. The highest BCUT2D eigenvalue weighted by Crippen LogP contribution is 2.20. The van der Waals surface area contributed by atoms with Crippen molar-refractivity contribution in [2.75, 3.05) is 6.54 Å². The number of rotatable bonds is 4. The Morgan fingerprint density at radius 1 is 1.42 bits per heavy atom. The molecule has 19 heavy (non-hydrogen) atoms.